The molecule has 0 fully saturated rings. The number of nitrogens with zero attached hydrogens (tertiary/aromatic N) is 1. The molecule has 0 radical (unpaired) electrons. The van der Waals surface area contributed by atoms with Crippen molar-refractivity contribution >= 4 is 12.1 Å². The second-order valence-electron chi connectivity index (χ2n) is 3.28. The molecule has 0 aliphatic heterocycles. The van der Waals surface area contributed by atoms with E-state index in [1.54, 1.807) is 13.1 Å². The molecule has 0 spiro atoms. The summed E-state index contributed by atoms with van der Waals surface area (Å²) < 4.78 is 0. The Balaban J connectivity index is 0. The topological polar surface area (TPSA) is 20.3 Å². The summed E-state index contributed by atoms with van der Waals surface area (Å²) in [5.74, 6) is 0.392. The van der Waals surface area contributed by atoms with Crippen LogP contribution in [-0.2, 0) is 4.79 Å². The first-order valence-corrected chi connectivity index (χ1v) is 5.29. The van der Waals surface area contributed by atoms with E-state index in [2.05, 4.69) is 19.9 Å². The first kappa shape index (κ1) is 18.1. The number of carbonyl (C=O) groups excluding carboxylic acids is 1. The molecule has 0 atom stereocenters. The molecule has 1 amide bonds. The van der Waals surface area contributed by atoms with Gasteiger partial charge in [0.1, 0.15) is 0 Å². The third-order valence-electron chi connectivity index (χ3n) is 1.96. The van der Waals surface area contributed by atoms with Crippen molar-refractivity contribution in [2.45, 2.75) is 33.6 Å². The third-order valence-corrected chi connectivity index (χ3v) is 1.96. The van der Waals surface area contributed by atoms with Gasteiger partial charge in [0.05, 0.1) is 6.41 Å². The molecular formula is C13H19NNaO-. The molecule has 16 heavy (non-hydrogen) atoms. The molecule has 0 saturated heterocycles. The Morgan fingerprint density at radius 1 is 1.38 bits per heavy atom. The standard InChI is InChI=1S/C11H13NO.C2H6.Na/c1-9(2)10-6-4-5-7-11(10)12(3)8-13;1-2;/h4-6,9H,1-3H3;1-2H3;/q-2;;+1. The van der Waals surface area contributed by atoms with Crippen molar-refractivity contribution in [3.05, 3.63) is 29.8 Å². The number of anilines is 1. The van der Waals surface area contributed by atoms with Crippen LogP contribution >= 0.6 is 0 Å². The van der Waals surface area contributed by atoms with E-state index in [0.29, 0.717) is 5.92 Å². The molecule has 0 aromatic heterocycles. The maximum Gasteiger partial charge on any atom is 1.00 e. The van der Waals surface area contributed by atoms with Crippen LogP contribution in [-0.4, -0.2) is 13.5 Å². The fourth-order valence-corrected chi connectivity index (χ4v) is 1.24. The number of para-hydroxylation sites is 1. The fraction of sp³-hybridized carbons (Fsp3) is 0.462. The number of benzene rings is 1. The largest absolute Gasteiger partial charge is 1.00 e. The predicted molar refractivity (Wildman–Crippen MR) is 64.8 cm³/mol. The van der Waals surface area contributed by atoms with Gasteiger partial charge >= 0.3 is 29.6 Å². The van der Waals surface area contributed by atoms with Crippen LogP contribution in [0.25, 0.3) is 0 Å². The van der Waals surface area contributed by atoms with Gasteiger partial charge in [-0.15, -0.1) is 0 Å². The SMILES string of the molecule is CC.CC(C)c1ccc[c-]c1N(C)[C-]=O.[Na+]. The van der Waals surface area contributed by atoms with Gasteiger partial charge in [0.2, 0.25) is 0 Å². The molecule has 1 aromatic carbocycles. The summed E-state index contributed by atoms with van der Waals surface area (Å²) >= 11 is 0. The molecule has 1 rings (SSSR count). The van der Waals surface area contributed by atoms with Gasteiger partial charge in [0.25, 0.3) is 0 Å². The molecule has 0 aliphatic carbocycles. The Morgan fingerprint density at radius 3 is 2.38 bits per heavy atom. The van der Waals surface area contributed by atoms with Crippen molar-refractivity contribution in [3.63, 3.8) is 0 Å². The summed E-state index contributed by atoms with van der Waals surface area (Å²) in [4.78, 5) is 11.9. The van der Waals surface area contributed by atoms with Crippen LogP contribution in [0.1, 0.15) is 39.2 Å². The van der Waals surface area contributed by atoms with Crippen LogP contribution in [0.15, 0.2) is 18.2 Å². The van der Waals surface area contributed by atoms with Crippen molar-refractivity contribution < 1.29 is 34.4 Å². The average molecular weight is 228 g/mol. The van der Waals surface area contributed by atoms with Gasteiger partial charge in [-0.05, 0) is 7.05 Å². The van der Waals surface area contributed by atoms with Crippen LogP contribution in [0.2, 0.25) is 0 Å². The van der Waals surface area contributed by atoms with Gasteiger partial charge in [-0.3, -0.25) is 6.07 Å². The van der Waals surface area contributed by atoms with E-state index in [0.717, 1.165) is 11.3 Å². The molecule has 2 nitrogen and oxygen atoms in total. The van der Waals surface area contributed by atoms with E-state index in [1.165, 1.54) is 4.90 Å². The molecule has 0 heterocycles. The van der Waals surface area contributed by atoms with Gasteiger partial charge in [0, 0.05) is 0 Å². The zero-order chi connectivity index (χ0) is 11.8. The van der Waals surface area contributed by atoms with Gasteiger partial charge in [-0.25, -0.2) is 11.3 Å². The average Bonchev–Trinajstić information content (AvgIpc) is 2.30. The van der Waals surface area contributed by atoms with Crippen LogP contribution in [0.3, 0.4) is 0 Å². The summed E-state index contributed by atoms with van der Waals surface area (Å²) in [5.41, 5.74) is 1.93. The molecule has 0 unspecified atom stereocenters. The van der Waals surface area contributed by atoms with Crippen molar-refractivity contribution in [1.29, 1.82) is 0 Å². The van der Waals surface area contributed by atoms with Crippen LogP contribution in [0.4, 0.5) is 5.69 Å². The predicted octanol–water partition coefficient (Wildman–Crippen LogP) is 0.144. The third kappa shape index (κ3) is 5.15. The zero-order valence-corrected chi connectivity index (χ0v) is 13.2. The summed E-state index contributed by atoms with van der Waals surface area (Å²) in [6.07, 6.45) is 1.83. The number of hydrogen-bond acceptors (Lipinski definition) is 1. The molecule has 1 aromatic rings. The molecule has 0 saturated carbocycles. The Bertz CT molecular complexity index is 300. The smallest absolute Gasteiger partial charge is 0.501 e. The van der Waals surface area contributed by atoms with Gasteiger partial charge in [-0.1, -0.05) is 33.6 Å². The van der Waals surface area contributed by atoms with Gasteiger partial charge in [-0.2, -0.15) is 18.2 Å². The Kier molecular flexibility index (Phi) is 11.2. The summed E-state index contributed by atoms with van der Waals surface area (Å²) in [5, 5.41) is 0. The summed E-state index contributed by atoms with van der Waals surface area (Å²) in [6.45, 7) is 8.18. The summed E-state index contributed by atoms with van der Waals surface area (Å²) in [7, 11) is 1.69. The van der Waals surface area contributed by atoms with E-state index >= 15 is 0 Å². The van der Waals surface area contributed by atoms with Crippen LogP contribution in [0.5, 0.6) is 0 Å². The quantitative estimate of drug-likeness (QED) is 0.409. The first-order valence-electron chi connectivity index (χ1n) is 5.29. The summed E-state index contributed by atoms with van der Waals surface area (Å²) in [6, 6.07) is 8.77. The maximum atomic E-state index is 10.5. The van der Waals surface area contributed by atoms with Crippen LogP contribution < -0.4 is 34.5 Å². The van der Waals surface area contributed by atoms with E-state index in [-0.39, 0.29) is 29.6 Å². The minimum absolute atomic E-state index is 0. The number of rotatable bonds is 3. The van der Waals surface area contributed by atoms with Crippen molar-refractivity contribution in [1.82, 2.24) is 0 Å². The first-order chi connectivity index (χ1) is 7.16. The Labute approximate surface area is 121 Å². The van der Waals surface area contributed by atoms with E-state index < -0.39 is 0 Å². The van der Waals surface area contributed by atoms with Crippen molar-refractivity contribution in [3.8, 4) is 0 Å². The zero-order valence-electron chi connectivity index (χ0n) is 11.2. The molecular weight excluding hydrogens is 209 g/mol. The maximum absolute atomic E-state index is 10.5. The number of hydrogen-bond donors (Lipinski definition) is 0. The van der Waals surface area contributed by atoms with Gasteiger partial charge < -0.3 is 9.69 Å². The van der Waals surface area contributed by atoms with E-state index in [9.17, 15) is 4.79 Å². The minimum Gasteiger partial charge on any atom is -0.501 e. The molecule has 0 N–H and O–H groups in total. The molecule has 3 heteroatoms. The van der Waals surface area contributed by atoms with E-state index in [4.69, 9.17) is 0 Å². The Morgan fingerprint density at radius 2 is 1.94 bits per heavy atom. The molecule has 0 aliphatic rings. The normalized spacial score (nSPS) is 8.62. The second-order valence-corrected chi connectivity index (χ2v) is 3.28. The minimum atomic E-state index is 0. The van der Waals surface area contributed by atoms with Crippen molar-refractivity contribution in [2.24, 2.45) is 0 Å². The number of amides is 1. The second kappa shape index (κ2) is 9.88. The molecule has 0 bridgehead atoms. The van der Waals surface area contributed by atoms with Crippen molar-refractivity contribution in [2.75, 3.05) is 11.9 Å². The fourth-order valence-electron chi connectivity index (χ4n) is 1.24. The van der Waals surface area contributed by atoms with Gasteiger partial charge in [0.15, 0.2) is 0 Å². The van der Waals surface area contributed by atoms with Crippen LogP contribution in [0, 0.1) is 6.07 Å². The molecule has 84 valence electrons. The van der Waals surface area contributed by atoms with E-state index in [1.807, 2.05) is 32.4 Å². The monoisotopic (exact) mass is 228 g/mol. The Hall–Kier alpha value is -0.310.